The van der Waals surface area contributed by atoms with Crippen molar-refractivity contribution in [3.63, 3.8) is 0 Å². The molecule has 1 aliphatic heterocycles. The number of nitrogens with zero attached hydrogens (tertiary/aromatic N) is 7. The number of furan rings is 1. The van der Waals surface area contributed by atoms with Crippen molar-refractivity contribution >= 4 is 23.6 Å². The van der Waals surface area contributed by atoms with Gasteiger partial charge in [0.2, 0.25) is 17.5 Å². The minimum Gasteiger partial charge on any atom is -0.459 e. The number of aromatic nitrogens is 4. The lowest BCUT2D eigenvalue weighted by atomic mass is 10.3. The third-order valence-electron chi connectivity index (χ3n) is 5.70. The highest BCUT2D eigenvalue weighted by Gasteiger charge is 2.31. The summed E-state index contributed by atoms with van der Waals surface area (Å²) in [6.07, 6.45) is 3.88. The number of anilines is 1. The lowest BCUT2D eigenvalue weighted by Crippen LogP contribution is -2.49. The van der Waals surface area contributed by atoms with Crippen molar-refractivity contribution in [1.29, 1.82) is 5.26 Å². The summed E-state index contributed by atoms with van der Waals surface area (Å²) in [7, 11) is 0. The summed E-state index contributed by atoms with van der Waals surface area (Å²) in [6.45, 7) is 5.12. The third kappa shape index (κ3) is 3.98. The fraction of sp³-hybridized carbons (Fsp3) is 0.476. The van der Waals surface area contributed by atoms with Crippen LogP contribution in [0, 0.1) is 11.3 Å². The van der Waals surface area contributed by atoms with Crippen molar-refractivity contribution in [2.45, 2.75) is 37.4 Å². The van der Waals surface area contributed by atoms with Crippen molar-refractivity contribution in [3.8, 4) is 17.7 Å². The molecule has 2 aliphatic rings. The molecule has 0 bridgehead atoms. The maximum absolute atomic E-state index is 12.8. The molecule has 0 spiro atoms. The second kappa shape index (κ2) is 8.70. The van der Waals surface area contributed by atoms with E-state index in [9.17, 15) is 10.1 Å². The Morgan fingerprint density at radius 3 is 2.75 bits per heavy atom. The molecule has 3 aromatic heterocycles. The molecule has 1 amide bonds. The molecule has 11 heteroatoms. The Kier molecular flexibility index (Phi) is 5.61. The van der Waals surface area contributed by atoms with Crippen LogP contribution in [0.3, 0.4) is 0 Å². The van der Waals surface area contributed by atoms with E-state index in [4.69, 9.17) is 8.83 Å². The molecule has 32 heavy (non-hydrogen) atoms. The molecule has 10 nitrogen and oxygen atoms in total. The molecule has 1 saturated carbocycles. The quantitative estimate of drug-likeness (QED) is 0.498. The molecule has 0 unspecified atom stereocenters. The van der Waals surface area contributed by atoms with Crippen LogP contribution in [0.25, 0.3) is 11.7 Å². The Morgan fingerprint density at radius 2 is 2.09 bits per heavy atom. The Labute approximate surface area is 189 Å². The molecule has 3 aromatic rings. The molecule has 0 N–H and O–H groups in total. The van der Waals surface area contributed by atoms with E-state index in [0.29, 0.717) is 49.5 Å². The Balaban J connectivity index is 1.18. The van der Waals surface area contributed by atoms with Crippen molar-refractivity contribution < 1.29 is 13.6 Å². The van der Waals surface area contributed by atoms with Crippen LogP contribution in [-0.2, 0) is 11.3 Å². The number of hydrogen-bond acceptors (Lipinski definition) is 9. The number of carbonyl (C=O) groups is 1. The van der Waals surface area contributed by atoms with Crippen LogP contribution in [0.5, 0.6) is 0 Å². The van der Waals surface area contributed by atoms with Crippen LogP contribution in [-0.4, -0.2) is 62.5 Å². The van der Waals surface area contributed by atoms with Crippen molar-refractivity contribution in [1.82, 2.24) is 24.6 Å². The smallest absolute Gasteiger partial charge is 0.266 e. The largest absolute Gasteiger partial charge is 0.459 e. The first-order valence-corrected chi connectivity index (χ1v) is 11.7. The minimum atomic E-state index is 0.0719. The van der Waals surface area contributed by atoms with Crippen LogP contribution < -0.4 is 4.90 Å². The lowest BCUT2D eigenvalue weighted by Gasteiger charge is -2.34. The zero-order chi connectivity index (χ0) is 22.1. The second-order valence-corrected chi connectivity index (χ2v) is 8.72. The molecular weight excluding hydrogens is 430 g/mol. The van der Waals surface area contributed by atoms with Crippen LogP contribution in [0.1, 0.15) is 37.2 Å². The number of amides is 1. The minimum absolute atomic E-state index is 0.0719. The van der Waals surface area contributed by atoms with Crippen molar-refractivity contribution in [2.24, 2.45) is 0 Å². The van der Waals surface area contributed by atoms with Gasteiger partial charge in [0.25, 0.3) is 5.89 Å². The topological polar surface area (TPSA) is 117 Å². The average molecular weight is 454 g/mol. The van der Waals surface area contributed by atoms with Gasteiger partial charge >= 0.3 is 0 Å². The molecule has 1 saturated heterocycles. The molecule has 0 atom stereocenters. The fourth-order valence-corrected chi connectivity index (χ4v) is 4.74. The van der Waals surface area contributed by atoms with Gasteiger partial charge in [-0.05, 0) is 31.9 Å². The highest BCUT2D eigenvalue weighted by Crippen LogP contribution is 2.40. The first kappa shape index (κ1) is 20.6. The van der Waals surface area contributed by atoms with Crippen LogP contribution in [0.15, 0.2) is 32.4 Å². The third-order valence-corrected chi connectivity index (χ3v) is 6.65. The summed E-state index contributed by atoms with van der Waals surface area (Å²) < 4.78 is 13.3. The monoisotopic (exact) mass is 453 g/mol. The highest BCUT2D eigenvalue weighted by atomic mass is 32.2. The summed E-state index contributed by atoms with van der Waals surface area (Å²) >= 11 is 1.45. The van der Waals surface area contributed by atoms with Crippen molar-refractivity contribution in [3.05, 3.63) is 29.9 Å². The van der Waals surface area contributed by atoms with Crippen LogP contribution in [0.2, 0.25) is 0 Å². The molecule has 5 rings (SSSR count). The van der Waals surface area contributed by atoms with E-state index in [-0.39, 0.29) is 17.5 Å². The number of rotatable bonds is 7. The van der Waals surface area contributed by atoms with E-state index in [2.05, 4.69) is 32.7 Å². The maximum atomic E-state index is 12.8. The summed E-state index contributed by atoms with van der Waals surface area (Å²) in [5, 5.41) is 18.9. The number of carbonyl (C=O) groups excluding carboxylic acids is 1. The van der Waals surface area contributed by atoms with E-state index < -0.39 is 0 Å². The van der Waals surface area contributed by atoms with Gasteiger partial charge < -0.3 is 23.2 Å². The molecule has 0 aromatic carbocycles. The molecule has 166 valence electrons. The van der Waals surface area contributed by atoms with E-state index in [1.165, 1.54) is 30.9 Å². The zero-order valence-corrected chi connectivity index (χ0v) is 18.5. The van der Waals surface area contributed by atoms with E-state index >= 15 is 0 Å². The number of piperazine rings is 1. The van der Waals surface area contributed by atoms with Gasteiger partial charge in [-0.2, -0.15) is 10.2 Å². The van der Waals surface area contributed by atoms with E-state index in [0.717, 1.165) is 17.5 Å². The summed E-state index contributed by atoms with van der Waals surface area (Å²) in [5.74, 6) is 3.16. The lowest BCUT2D eigenvalue weighted by molar-refractivity contribution is -0.128. The number of oxazole rings is 1. The van der Waals surface area contributed by atoms with Gasteiger partial charge in [0.15, 0.2) is 10.9 Å². The standard InChI is InChI=1S/C21H23N7O3S/c1-2-28-18(14-5-6-14)24-25-21(28)32-13-17(29)26-7-9-27(10-8-26)20-15(12-22)23-19(31-20)16-4-3-11-30-16/h3-4,11,14H,2,5-10,13H2,1H3. The van der Waals surface area contributed by atoms with E-state index in [1.54, 1.807) is 12.1 Å². The number of thioether (sulfide) groups is 1. The number of nitriles is 1. The van der Waals surface area contributed by atoms with Crippen molar-refractivity contribution in [2.75, 3.05) is 36.8 Å². The Morgan fingerprint density at radius 1 is 1.28 bits per heavy atom. The normalized spacial score (nSPS) is 16.4. The van der Waals surface area contributed by atoms with Gasteiger partial charge in [-0.3, -0.25) is 4.79 Å². The van der Waals surface area contributed by atoms with Crippen LogP contribution >= 0.6 is 11.8 Å². The first-order chi connectivity index (χ1) is 15.7. The van der Waals surface area contributed by atoms with Gasteiger partial charge in [-0.1, -0.05) is 11.8 Å². The first-order valence-electron chi connectivity index (χ1n) is 10.7. The average Bonchev–Trinajstić information content (AvgIpc) is 3.22. The van der Waals surface area contributed by atoms with Gasteiger partial charge in [0, 0.05) is 38.6 Å². The van der Waals surface area contributed by atoms with Gasteiger partial charge in [0.1, 0.15) is 11.9 Å². The fourth-order valence-electron chi connectivity index (χ4n) is 3.83. The zero-order valence-electron chi connectivity index (χ0n) is 17.7. The summed E-state index contributed by atoms with van der Waals surface area (Å²) in [6, 6.07) is 5.56. The van der Waals surface area contributed by atoms with Gasteiger partial charge in [-0.25, -0.2) is 0 Å². The molecule has 1 aliphatic carbocycles. The Bertz CT molecular complexity index is 1140. The van der Waals surface area contributed by atoms with Gasteiger partial charge in [0.05, 0.1) is 12.0 Å². The SMILES string of the molecule is CCn1c(SCC(=O)N2CCN(c3oc(-c4ccco4)nc3C#N)CC2)nnc1C1CC1. The predicted molar refractivity (Wildman–Crippen MR) is 116 cm³/mol. The molecule has 2 fully saturated rings. The predicted octanol–water partition coefficient (Wildman–Crippen LogP) is 2.74. The molecular formula is C21H23N7O3S. The van der Waals surface area contributed by atoms with Gasteiger partial charge in [-0.15, -0.1) is 10.2 Å². The highest BCUT2D eigenvalue weighted by molar-refractivity contribution is 7.99. The summed E-state index contributed by atoms with van der Waals surface area (Å²) in [5.41, 5.74) is 0.220. The van der Waals surface area contributed by atoms with Crippen LogP contribution in [0.4, 0.5) is 5.88 Å². The second-order valence-electron chi connectivity index (χ2n) is 7.78. The van der Waals surface area contributed by atoms with E-state index in [1.807, 2.05) is 9.80 Å². The number of hydrogen-bond donors (Lipinski definition) is 0. The summed E-state index contributed by atoms with van der Waals surface area (Å²) in [4.78, 5) is 20.8. The Hall–Kier alpha value is -3.26. The maximum Gasteiger partial charge on any atom is 0.266 e. The molecule has 4 heterocycles. The molecule has 0 radical (unpaired) electrons.